The van der Waals surface area contributed by atoms with Crippen molar-refractivity contribution in [2.75, 3.05) is 5.73 Å². The second kappa shape index (κ2) is 7.01. The molecule has 0 spiro atoms. The van der Waals surface area contributed by atoms with Crippen LogP contribution in [0.2, 0.25) is 0 Å². The first-order chi connectivity index (χ1) is 13.8. The molecule has 1 aromatic heterocycles. The predicted molar refractivity (Wildman–Crippen MR) is 117 cm³/mol. The molecule has 0 fully saturated rings. The van der Waals surface area contributed by atoms with Crippen molar-refractivity contribution in [2.45, 2.75) is 25.7 Å². The first kappa shape index (κ1) is 19.2. The Bertz CT molecular complexity index is 1160. The number of hydrogen-bond donors (Lipinski definition) is 2. The Balaban J connectivity index is 1.83. The summed E-state index contributed by atoms with van der Waals surface area (Å²) in [6, 6.07) is 12.3. The van der Waals surface area contributed by atoms with Gasteiger partial charge in [0, 0.05) is 11.1 Å². The highest BCUT2D eigenvalue weighted by Crippen LogP contribution is 2.42. The Morgan fingerprint density at radius 3 is 2.55 bits per heavy atom. The van der Waals surface area contributed by atoms with E-state index >= 15 is 0 Å². The van der Waals surface area contributed by atoms with Crippen LogP contribution in [0.25, 0.3) is 5.57 Å². The van der Waals surface area contributed by atoms with Gasteiger partial charge in [0.15, 0.2) is 5.78 Å². The normalized spacial score (nSPS) is 14.8. The van der Waals surface area contributed by atoms with E-state index in [1.807, 2.05) is 23.6 Å². The van der Waals surface area contributed by atoms with Gasteiger partial charge in [-0.3, -0.25) is 4.79 Å². The quantitative estimate of drug-likeness (QED) is 0.453. The van der Waals surface area contributed by atoms with Crippen molar-refractivity contribution in [3.8, 4) is 0 Å². The van der Waals surface area contributed by atoms with E-state index < -0.39 is 5.97 Å². The van der Waals surface area contributed by atoms with Gasteiger partial charge >= 0.3 is 5.97 Å². The monoisotopic (exact) mass is 403 g/mol. The van der Waals surface area contributed by atoms with Crippen LogP contribution in [0.1, 0.15) is 63.2 Å². The number of carbonyl (C=O) groups excluding carboxylic acids is 1. The van der Waals surface area contributed by atoms with Crippen LogP contribution in [-0.4, -0.2) is 16.9 Å². The molecule has 0 saturated carbocycles. The van der Waals surface area contributed by atoms with Crippen LogP contribution in [-0.2, 0) is 5.41 Å². The summed E-state index contributed by atoms with van der Waals surface area (Å²) in [4.78, 5) is 24.6. The molecule has 3 aromatic rings. The number of benzene rings is 2. The van der Waals surface area contributed by atoms with Gasteiger partial charge in [0.05, 0.1) is 11.3 Å². The summed E-state index contributed by atoms with van der Waals surface area (Å²) in [6.45, 7) is 4.39. The van der Waals surface area contributed by atoms with Gasteiger partial charge in [-0.05, 0) is 69.1 Å². The van der Waals surface area contributed by atoms with Gasteiger partial charge in [-0.25, -0.2) is 4.79 Å². The second-order valence-electron chi connectivity index (χ2n) is 7.88. The number of anilines is 1. The number of nitrogen functional groups attached to an aromatic ring is 1. The molecule has 1 aliphatic carbocycles. The maximum atomic E-state index is 13.2. The van der Waals surface area contributed by atoms with E-state index in [0.29, 0.717) is 5.56 Å². The van der Waals surface area contributed by atoms with Gasteiger partial charge in [0.25, 0.3) is 0 Å². The highest BCUT2D eigenvalue weighted by atomic mass is 32.1. The number of allylic oxidation sites excluding steroid dienone is 1. The molecule has 1 aliphatic rings. The number of aromatic carboxylic acids is 1. The van der Waals surface area contributed by atoms with E-state index in [-0.39, 0.29) is 28.0 Å². The highest BCUT2D eigenvalue weighted by molar-refractivity contribution is 7.08. The van der Waals surface area contributed by atoms with Gasteiger partial charge in [-0.1, -0.05) is 38.1 Å². The summed E-state index contributed by atoms with van der Waals surface area (Å²) in [7, 11) is 0. The van der Waals surface area contributed by atoms with E-state index in [9.17, 15) is 14.7 Å². The van der Waals surface area contributed by atoms with Crippen molar-refractivity contribution in [2.24, 2.45) is 0 Å². The summed E-state index contributed by atoms with van der Waals surface area (Å²) in [6.07, 6.45) is 3.16. The van der Waals surface area contributed by atoms with Crippen molar-refractivity contribution < 1.29 is 14.7 Å². The zero-order valence-corrected chi connectivity index (χ0v) is 17.0. The van der Waals surface area contributed by atoms with Crippen LogP contribution < -0.4 is 5.73 Å². The molecule has 146 valence electrons. The lowest BCUT2D eigenvalue weighted by Crippen LogP contribution is -2.22. The van der Waals surface area contributed by atoms with Crippen molar-refractivity contribution in [1.29, 1.82) is 0 Å². The molecule has 0 radical (unpaired) electrons. The summed E-state index contributed by atoms with van der Waals surface area (Å²) in [5.74, 6) is -1.42. The minimum Gasteiger partial charge on any atom is -0.478 e. The van der Waals surface area contributed by atoms with Crippen molar-refractivity contribution in [3.05, 3.63) is 92.7 Å². The van der Waals surface area contributed by atoms with Gasteiger partial charge in [-0.15, -0.1) is 0 Å². The van der Waals surface area contributed by atoms with Crippen molar-refractivity contribution >= 4 is 34.3 Å². The minimum absolute atomic E-state index is 0.00310. The SMILES string of the molecule is CC1(C)CC=C(c2ccsc2)c2cc(C(=O)c3cccc(C(=O)O)c3N)ccc21. The maximum Gasteiger partial charge on any atom is 0.337 e. The average molecular weight is 404 g/mol. The molecular weight excluding hydrogens is 382 g/mol. The summed E-state index contributed by atoms with van der Waals surface area (Å²) in [5, 5.41) is 13.5. The van der Waals surface area contributed by atoms with Crippen LogP contribution in [0.15, 0.2) is 59.3 Å². The average Bonchev–Trinajstić information content (AvgIpc) is 3.21. The van der Waals surface area contributed by atoms with Crippen LogP contribution in [0.4, 0.5) is 5.69 Å². The lowest BCUT2D eigenvalue weighted by Gasteiger charge is -2.32. The van der Waals surface area contributed by atoms with Crippen LogP contribution in [0.3, 0.4) is 0 Å². The van der Waals surface area contributed by atoms with Gasteiger partial charge in [0.2, 0.25) is 0 Å². The predicted octanol–water partition coefficient (Wildman–Crippen LogP) is 5.37. The topological polar surface area (TPSA) is 80.4 Å². The third kappa shape index (κ3) is 3.28. The van der Waals surface area contributed by atoms with E-state index in [4.69, 9.17) is 5.73 Å². The van der Waals surface area contributed by atoms with Crippen LogP contribution in [0.5, 0.6) is 0 Å². The summed E-state index contributed by atoms with van der Waals surface area (Å²) < 4.78 is 0. The lowest BCUT2D eigenvalue weighted by molar-refractivity contribution is 0.0698. The number of carboxylic acids is 1. The van der Waals surface area contributed by atoms with Crippen LogP contribution in [0, 0.1) is 0 Å². The molecule has 1 heterocycles. The van der Waals surface area contributed by atoms with E-state index in [1.165, 1.54) is 11.6 Å². The number of para-hydroxylation sites is 1. The minimum atomic E-state index is -1.15. The number of fused-ring (bicyclic) bond motifs is 1. The Hall–Kier alpha value is -3.18. The van der Waals surface area contributed by atoms with Gasteiger partial charge in [-0.2, -0.15) is 11.3 Å². The lowest BCUT2D eigenvalue weighted by atomic mass is 9.72. The number of ketones is 1. The molecule has 29 heavy (non-hydrogen) atoms. The molecule has 0 saturated heterocycles. The molecule has 2 aromatic carbocycles. The molecule has 0 bridgehead atoms. The summed E-state index contributed by atoms with van der Waals surface area (Å²) in [5.41, 5.74) is 11.1. The first-order valence-electron chi connectivity index (χ1n) is 9.34. The van der Waals surface area contributed by atoms with Gasteiger partial charge < -0.3 is 10.8 Å². The molecule has 4 rings (SSSR count). The standard InChI is InChI=1S/C24H21NO3S/c1-24(2)10-8-16(15-9-11-29-13-15)19-12-14(6-7-20(19)24)22(26)17-4-3-5-18(21(17)25)23(27)28/h3-9,11-13H,10,25H2,1-2H3,(H,27,28). The molecule has 0 aliphatic heterocycles. The van der Waals surface area contributed by atoms with E-state index in [0.717, 1.165) is 23.1 Å². The maximum absolute atomic E-state index is 13.2. The third-order valence-corrected chi connectivity index (χ3v) is 6.21. The molecule has 3 N–H and O–H groups in total. The fraction of sp³-hybridized carbons (Fsp3) is 0.167. The van der Waals surface area contributed by atoms with Crippen molar-refractivity contribution in [1.82, 2.24) is 0 Å². The van der Waals surface area contributed by atoms with Crippen molar-refractivity contribution in [3.63, 3.8) is 0 Å². The fourth-order valence-corrected chi connectivity index (χ4v) is 4.53. The number of nitrogens with two attached hydrogens (primary N) is 1. The Kier molecular flexibility index (Phi) is 4.63. The molecule has 4 nitrogen and oxygen atoms in total. The Morgan fingerprint density at radius 1 is 1.10 bits per heavy atom. The number of carboxylic acid groups (broad SMARTS) is 1. The highest BCUT2D eigenvalue weighted by Gasteiger charge is 2.29. The molecule has 0 amide bonds. The third-order valence-electron chi connectivity index (χ3n) is 5.53. The Morgan fingerprint density at radius 2 is 1.86 bits per heavy atom. The number of hydrogen-bond acceptors (Lipinski definition) is 4. The fourth-order valence-electron chi connectivity index (χ4n) is 3.87. The number of thiophene rings is 1. The van der Waals surface area contributed by atoms with Crippen LogP contribution >= 0.6 is 11.3 Å². The molecule has 0 atom stereocenters. The first-order valence-corrected chi connectivity index (χ1v) is 10.3. The summed E-state index contributed by atoms with van der Waals surface area (Å²) >= 11 is 1.64. The number of rotatable bonds is 4. The zero-order valence-electron chi connectivity index (χ0n) is 16.2. The van der Waals surface area contributed by atoms with E-state index in [1.54, 1.807) is 23.5 Å². The second-order valence-corrected chi connectivity index (χ2v) is 8.66. The van der Waals surface area contributed by atoms with Gasteiger partial charge in [0.1, 0.15) is 0 Å². The molecular formula is C24H21NO3S. The Labute approximate surface area is 173 Å². The zero-order chi connectivity index (χ0) is 20.8. The molecule has 5 heteroatoms. The van der Waals surface area contributed by atoms with E-state index in [2.05, 4.69) is 31.4 Å². The largest absolute Gasteiger partial charge is 0.478 e. The smallest absolute Gasteiger partial charge is 0.337 e. The molecule has 0 unspecified atom stereocenters. The number of carbonyl (C=O) groups is 2.